The van der Waals surface area contributed by atoms with E-state index in [-0.39, 0.29) is 17.7 Å². The zero-order valence-electron chi connectivity index (χ0n) is 17.4. The van der Waals surface area contributed by atoms with Crippen molar-refractivity contribution in [2.45, 2.75) is 32.4 Å². The SMILES string of the molecule is Cc1ccc([N+](=O)[O-])cc1-c1ccnc(N)c1-c1ncnc2c1ncn2C1CCCCO1. The normalized spacial score (nSPS) is 16.3. The molecule has 162 valence electrons. The molecule has 1 aromatic carbocycles. The Morgan fingerprint density at radius 3 is 2.81 bits per heavy atom. The van der Waals surface area contributed by atoms with Crippen molar-refractivity contribution < 1.29 is 9.66 Å². The highest BCUT2D eigenvalue weighted by molar-refractivity contribution is 5.98. The van der Waals surface area contributed by atoms with Crippen molar-refractivity contribution in [3.63, 3.8) is 0 Å². The van der Waals surface area contributed by atoms with E-state index in [1.807, 2.05) is 11.5 Å². The molecule has 0 aliphatic carbocycles. The van der Waals surface area contributed by atoms with Crippen LogP contribution in [0.5, 0.6) is 0 Å². The number of anilines is 1. The van der Waals surface area contributed by atoms with E-state index in [2.05, 4.69) is 19.9 Å². The minimum absolute atomic E-state index is 0.00140. The first kappa shape index (κ1) is 20.0. The summed E-state index contributed by atoms with van der Waals surface area (Å²) in [6, 6.07) is 6.53. The molecule has 10 heteroatoms. The summed E-state index contributed by atoms with van der Waals surface area (Å²) in [6.45, 7) is 2.60. The van der Waals surface area contributed by atoms with Crippen LogP contribution in [0.4, 0.5) is 11.5 Å². The van der Waals surface area contributed by atoms with Gasteiger partial charge in [0.15, 0.2) is 5.65 Å². The Kier molecular flexibility index (Phi) is 4.98. The van der Waals surface area contributed by atoms with Crippen LogP contribution in [-0.2, 0) is 4.74 Å². The summed E-state index contributed by atoms with van der Waals surface area (Å²) in [5, 5.41) is 11.4. The fraction of sp³-hybridized carbons (Fsp3) is 0.273. The molecular formula is C22H21N7O3. The third-order valence-electron chi connectivity index (χ3n) is 5.76. The van der Waals surface area contributed by atoms with Gasteiger partial charge in [-0.15, -0.1) is 0 Å². The maximum Gasteiger partial charge on any atom is 0.270 e. The van der Waals surface area contributed by atoms with E-state index < -0.39 is 4.92 Å². The molecule has 1 atom stereocenters. The van der Waals surface area contributed by atoms with Gasteiger partial charge in [0.05, 0.1) is 16.8 Å². The fourth-order valence-corrected chi connectivity index (χ4v) is 4.15. The molecule has 1 unspecified atom stereocenters. The zero-order chi connectivity index (χ0) is 22.2. The molecule has 2 N–H and O–H groups in total. The number of nitrogens with two attached hydrogens (primary N) is 1. The highest BCUT2D eigenvalue weighted by Gasteiger charge is 2.24. The van der Waals surface area contributed by atoms with Gasteiger partial charge in [-0.2, -0.15) is 0 Å². The van der Waals surface area contributed by atoms with E-state index >= 15 is 0 Å². The first-order valence-corrected chi connectivity index (χ1v) is 10.3. The second-order valence-electron chi connectivity index (χ2n) is 7.74. The van der Waals surface area contributed by atoms with Gasteiger partial charge in [0, 0.05) is 24.9 Å². The van der Waals surface area contributed by atoms with Crippen LogP contribution in [-0.4, -0.2) is 36.0 Å². The van der Waals surface area contributed by atoms with Crippen molar-refractivity contribution >= 4 is 22.7 Å². The molecule has 4 aromatic rings. The summed E-state index contributed by atoms with van der Waals surface area (Å²) in [4.78, 5) is 28.7. The van der Waals surface area contributed by atoms with Crippen molar-refractivity contribution in [3.05, 3.63) is 58.8 Å². The number of hydrogen-bond acceptors (Lipinski definition) is 8. The molecular weight excluding hydrogens is 410 g/mol. The number of nitro benzene ring substituents is 1. The predicted octanol–water partition coefficient (Wildman–Crippen LogP) is 4.05. The average Bonchev–Trinajstić information content (AvgIpc) is 3.24. The standard InChI is InChI=1S/C22H21N7O3/c1-13-5-6-14(29(30)31)10-16(13)15-7-8-24-21(23)18(15)19-20-22(26-11-25-19)28(12-27-20)17-4-2-3-9-32-17/h5-8,10-12,17H,2-4,9H2,1H3,(H2,23,24). The number of ether oxygens (including phenoxy) is 1. The van der Waals surface area contributed by atoms with Crippen molar-refractivity contribution in [2.24, 2.45) is 0 Å². The Morgan fingerprint density at radius 2 is 2.03 bits per heavy atom. The topological polar surface area (TPSA) is 135 Å². The summed E-state index contributed by atoms with van der Waals surface area (Å²) in [7, 11) is 0. The first-order valence-electron chi connectivity index (χ1n) is 10.3. The van der Waals surface area contributed by atoms with Crippen LogP contribution < -0.4 is 5.73 Å². The number of hydrogen-bond donors (Lipinski definition) is 1. The lowest BCUT2D eigenvalue weighted by Gasteiger charge is -2.23. The molecule has 3 aromatic heterocycles. The Labute approximate surface area is 183 Å². The van der Waals surface area contributed by atoms with Crippen LogP contribution in [0.1, 0.15) is 31.1 Å². The zero-order valence-corrected chi connectivity index (χ0v) is 17.4. The number of rotatable bonds is 4. The van der Waals surface area contributed by atoms with Gasteiger partial charge < -0.3 is 10.5 Å². The number of nitro groups is 1. The number of benzene rings is 1. The summed E-state index contributed by atoms with van der Waals surface area (Å²) >= 11 is 0. The van der Waals surface area contributed by atoms with E-state index in [1.165, 1.54) is 12.4 Å². The third kappa shape index (κ3) is 3.34. The van der Waals surface area contributed by atoms with Gasteiger partial charge in [0.2, 0.25) is 0 Å². The molecule has 32 heavy (non-hydrogen) atoms. The smallest absolute Gasteiger partial charge is 0.270 e. The fourth-order valence-electron chi connectivity index (χ4n) is 4.15. The van der Waals surface area contributed by atoms with Gasteiger partial charge in [0.1, 0.15) is 29.6 Å². The number of nitrogen functional groups attached to an aromatic ring is 1. The van der Waals surface area contributed by atoms with E-state index in [0.717, 1.165) is 24.8 Å². The lowest BCUT2D eigenvalue weighted by molar-refractivity contribution is -0.384. The summed E-state index contributed by atoms with van der Waals surface area (Å²) in [5.41, 5.74) is 10.9. The maximum atomic E-state index is 11.4. The quantitative estimate of drug-likeness (QED) is 0.378. The Bertz CT molecular complexity index is 1330. The van der Waals surface area contributed by atoms with Gasteiger partial charge >= 0.3 is 0 Å². The Morgan fingerprint density at radius 1 is 1.16 bits per heavy atom. The van der Waals surface area contributed by atoms with Gasteiger partial charge in [0.25, 0.3) is 5.69 Å². The average molecular weight is 431 g/mol. The molecule has 0 bridgehead atoms. The van der Waals surface area contributed by atoms with E-state index in [4.69, 9.17) is 10.5 Å². The molecule has 10 nitrogen and oxygen atoms in total. The molecule has 1 aliphatic rings. The van der Waals surface area contributed by atoms with Gasteiger partial charge in [-0.3, -0.25) is 14.7 Å². The number of nitrogens with zero attached hydrogens (tertiary/aromatic N) is 6. The summed E-state index contributed by atoms with van der Waals surface area (Å²) in [5.74, 6) is 0.261. The second-order valence-corrected chi connectivity index (χ2v) is 7.74. The molecule has 1 fully saturated rings. The van der Waals surface area contributed by atoms with Crippen LogP contribution in [0.15, 0.2) is 43.1 Å². The summed E-state index contributed by atoms with van der Waals surface area (Å²) < 4.78 is 7.83. The van der Waals surface area contributed by atoms with Crippen LogP contribution in [0, 0.1) is 17.0 Å². The number of aromatic nitrogens is 5. The van der Waals surface area contributed by atoms with Crippen molar-refractivity contribution in [1.29, 1.82) is 0 Å². The number of aryl methyl sites for hydroxylation is 1. The predicted molar refractivity (Wildman–Crippen MR) is 119 cm³/mol. The lowest BCUT2D eigenvalue weighted by atomic mass is 9.94. The lowest BCUT2D eigenvalue weighted by Crippen LogP contribution is -2.17. The van der Waals surface area contributed by atoms with E-state index in [9.17, 15) is 10.1 Å². The van der Waals surface area contributed by atoms with Crippen LogP contribution >= 0.6 is 0 Å². The molecule has 0 radical (unpaired) electrons. The number of pyridine rings is 1. The molecule has 0 amide bonds. The first-order chi connectivity index (χ1) is 15.5. The number of fused-ring (bicyclic) bond motifs is 1. The molecule has 1 aliphatic heterocycles. The highest BCUT2D eigenvalue weighted by Crippen LogP contribution is 2.39. The monoisotopic (exact) mass is 431 g/mol. The third-order valence-corrected chi connectivity index (χ3v) is 5.76. The van der Waals surface area contributed by atoms with Crippen LogP contribution in [0.25, 0.3) is 33.5 Å². The maximum absolute atomic E-state index is 11.4. The number of non-ortho nitro benzene ring substituents is 1. The molecule has 5 rings (SSSR count). The largest absolute Gasteiger partial charge is 0.383 e. The molecule has 0 saturated carbocycles. The van der Waals surface area contributed by atoms with Crippen molar-refractivity contribution in [3.8, 4) is 22.4 Å². The minimum atomic E-state index is -0.415. The molecule has 1 saturated heterocycles. The Hall–Kier alpha value is -3.92. The van der Waals surface area contributed by atoms with Gasteiger partial charge in [-0.1, -0.05) is 6.07 Å². The summed E-state index contributed by atoms with van der Waals surface area (Å²) in [6.07, 6.45) is 7.65. The minimum Gasteiger partial charge on any atom is -0.383 e. The molecule has 0 spiro atoms. The number of imidazole rings is 1. The molecule has 4 heterocycles. The van der Waals surface area contributed by atoms with Crippen LogP contribution in [0.2, 0.25) is 0 Å². The highest BCUT2D eigenvalue weighted by atomic mass is 16.6. The Balaban J connectivity index is 1.71. The van der Waals surface area contributed by atoms with Crippen LogP contribution in [0.3, 0.4) is 0 Å². The van der Waals surface area contributed by atoms with Crippen molar-refractivity contribution in [1.82, 2.24) is 24.5 Å². The van der Waals surface area contributed by atoms with E-state index in [0.29, 0.717) is 40.2 Å². The van der Waals surface area contributed by atoms with Gasteiger partial charge in [-0.05, 0) is 48.9 Å². The van der Waals surface area contributed by atoms with Crippen molar-refractivity contribution in [2.75, 3.05) is 12.3 Å². The van der Waals surface area contributed by atoms with E-state index in [1.54, 1.807) is 30.7 Å². The van der Waals surface area contributed by atoms with Gasteiger partial charge in [-0.25, -0.2) is 19.9 Å². The second kappa shape index (κ2) is 7.97.